The summed E-state index contributed by atoms with van der Waals surface area (Å²) in [6, 6.07) is 18.0. The predicted octanol–water partition coefficient (Wildman–Crippen LogP) is 4.05. The Morgan fingerprint density at radius 3 is 2.57 bits per heavy atom. The highest BCUT2D eigenvalue weighted by Crippen LogP contribution is 2.32. The molecular formula is C22H15ClN2O5. The molecule has 0 spiro atoms. The van der Waals surface area contributed by atoms with E-state index in [9.17, 15) is 9.59 Å². The van der Waals surface area contributed by atoms with Gasteiger partial charge < -0.3 is 14.2 Å². The Kier molecular flexibility index (Phi) is 5.63. The number of hydrazone groups is 1. The largest absolute Gasteiger partial charge is 0.454 e. The topological polar surface area (TPSA) is 86.2 Å². The second kappa shape index (κ2) is 8.67. The first kappa shape index (κ1) is 19.5. The van der Waals surface area contributed by atoms with Gasteiger partial charge in [0.25, 0.3) is 5.91 Å². The first-order chi connectivity index (χ1) is 14.6. The Hall–Kier alpha value is -3.84. The number of hydrogen-bond donors (Lipinski definition) is 1. The lowest BCUT2D eigenvalue weighted by molar-refractivity contribution is 0.0734. The fraction of sp³-hybridized carbons (Fsp3) is 0.0455. The molecule has 0 atom stereocenters. The number of fused-ring (bicyclic) bond motifs is 1. The lowest BCUT2D eigenvalue weighted by atomic mass is 10.2. The van der Waals surface area contributed by atoms with Crippen molar-refractivity contribution in [1.29, 1.82) is 0 Å². The van der Waals surface area contributed by atoms with E-state index in [1.54, 1.807) is 66.7 Å². The monoisotopic (exact) mass is 422 g/mol. The van der Waals surface area contributed by atoms with E-state index in [0.717, 1.165) is 0 Å². The fourth-order valence-corrected chi connectivity index (χ4v) is 2.80. The van der Waals surface area contributed by atoms with Crippen molar-refractivity contribution < 1.29 is 23.8 Å². The van der Waals surface area contributed by atoms with Crippen LogP contribution < -0.4 is 19.6 Å². The highest BCUT2D eigenvalue weighted by molar-refractivity contribution is 6.30. The minimum absolute atomic E-state index is 0.136. The molecule has 1 aliphatic heterocycles. The number of nitrogens with zero attached hydrogens (tertiary/aromatic N) is 1. The number of benzene rings is 3. The van der Waals surface area contributed by atoms with E-state index in [4.69, 9.17) is 25.8 Å². The summed E-state index contributed by atoms with van der Waals surface area (Å²) in [5.74, 6) is 0.564. The lowest BCUT2D eigenvalue weighted by Gasteiger charge is -2.05. The van der Waals surface area contributed by atoms with Crippen LogP contribution in [0.5, 0.6) is 17.2 Å². The second-order valence-electron chi connectivity index (χ2n) is 6.24. The highest BCUT2D eigenvalue weighted by atomic mass is 35.5. The first-order valence-corrected chi connectivity index (χ1v) is 9.27. The molecule has 1 heterocycles. The van der Waals surface area contributed by atoms with Gasteiger partial charge in [0.05, 0.1) is 11.8 Å². The maximum atomic E-state index is 12.2. The summed E-state index contributed by atoms with van der Waals surface area (Å²) >= 11 is 5.82. The molecule has 1 aliphatic rings. The summed E-state index contributed by atoms with van der Waals surface area (Å²) in [7, 11) is 0. The molecule has 0 saturated heterocycles. The number of hydrogen-bond acceptors (Lipinski definition) is 6. The van der Waals surface area contributed by atoms with Gasteiger partial charge in [-0.05, 0) is 60.2 Å². The predicted molar refractivity (Wildman–Crippen MR) is 110 cm³/mol. The fourth-order valence-electron chi connectivity index (χ4n) is 2.68. The third-order valence-corrected chi connectivity index (χ3v) is 4.42. The molecule has 7 nitrogen and oxygen atoms in total. The number of nitrogens with one attached hydrogen (secondary N) is 1. The molecule has 1 N–H and O–H groups in total. The Balaban J connectivity index is 1.37. The molecule has 0 bridgehead atoms. The van der Waals surface area contributed by atoms with Crippen molar-refractivity contribution in [3.05, 3.63) is 88.4 Å². The summed E-state index contributed by atoms with van der Waals surface area (Å²) in [5.41, 5.74) is 3.86. The number of esters is 1. The zero-order valence-electron chi connectivity index (χ0n) is 15.5. The van der Waals surface area contributed by atoms with Crippen molar-refractivity contribution >= 4 is 29.7 Å². The van der Waals surface area contributed by atoms with Gasteiger partial charge in [-0.3, -0.25) is 4.79 Å². The highest BCUT2D eigenvalue weighted by Gasteiger charge is 2.16. The van der Waals surface area contributed by atoms with Crippen molar-refractivity contribution in [2.45, 2.75) is 0 Å². The van der Waals surface area contributed by atoms with Crippen molar-refractivity contribution in [1.82, 2.24) is 5.43 Å². The van der Waals surface area contributed by atoms with Crippen molar-refractivity contribution in [2.75, 3.05) is 6.79 Å². The molecule has 0 unspecified atom stereocenters. The number of ether oxygens (including phenoxy) is 3. The molecule has 8 heteroatoms. The van der Waals surface area contributed by atoms with Crippen LogP contribution in [-0.2, 0) is 0 Å². The number of amides is 1. The molecule has 1 amide bonds. The Bertz CT molecular complexity index is 1130. The number of halogens is 1. The molecule has 0 saturated carbocycles. The average molecular weight is 423 g/mol. The molecule has 150 valence electrons. The van der Waals surface area contributed by atoms with E-state index >= 15 is 0 Å². The molecule has 3 aromatic rings. The maximum absolute atomic E-state index is 12.2. The van der Waals surface area contributed by atoms with E-state index in [0.29, 0.717) is 39.0 Å². The maximum Gasteiger partial charge on any atom is 0.343 e. The van der Waals surface area contributed by atoms with Crippen LogP contribution in [0, 0.1) is 0 Å². The third-order valence-electron chi connectivity index (χ3n) is 4.16. The Morgan fingerprint density at radius 1 is 0.967 bits per heavy atom. The zero-order valence-corrected chi connectivity index (χ0v) is 16.3. The van der Waals surface area contributed by atoms with E-state index in [2.05, 4.69) is 10.5 Å². The Labute approximate surface area is 176 Å². The van der Waals surface area contributed by atoms with Crippen molar-refractivity contribution in [3.8, 4) is 17.2 Å². The van der Waals surface area contributed by atoms with Gasteiger partial charge in [-0.2, -0.15) is 5.10 Å². The zero-order chi connectivity index (χ0) is 20.9. The van der Waals surface area contributed by atoms with Gasteiger partial charge in [-0.25, -0.2) is 10.2 Å². The summed E-state index contributed by atoms with van der Waals surface area (Å²) in [4.78, 5) is 24.4. The van der Waals surface area contributed by atoms with Gasteiger partial charge in [-0.1, -0.05) is 23.7 Å². The summed E-state index contributed by atoms with van der Waals surface area (Å²) in [5, 5.41) is 4.48. The molecule has 3 aromatic carbocycles. The van der Waals surface area contributed by atoms with Crippen LogP contribution in [0.1, 0.15) is 26.3 Å². The standard InChI is InChI=1S/C22H15ClN2O5/c23-17-7-4-15(5-8-17)22(27)30-18-3-1-2-14(10-18)12-24-25-21(26)16-6-9-19-20(11-16)29-13-28-19/h1-12H,13H2,(H,25,26)/b24-12+. The van der Waals surface area contributed by atoms with Gasteiger partial charge in [0.2, 0.25) is 6.79 Å². The molecule has 4 rings (SSSR count). The van der Waals surface area contributed by atoms with Gasteiger partial charge in [0.1, 0.15) is 5.75 Å². The van der Waals surface area contributed by atoms with Gasteiger partial charge >= 0.3 is 5.97 Å². The minimum atomic E-state index is -0.503. The van der Waals surface area contributed by atoms with Gasteiger partial charge in [0.15, 0.2) is 11.5 Å². The molecule has 0 aliphatic carbocycles. The van der Waals surface area contributed by atoms with Crippen molar-refractivity contribution in [3.63, 3.8) is 0 Å². The average Bonchev–Trinajstić information content (AvgIpc) is 3.22. The SMILES string of the molecule is O=C(N/N=C/c1cccc(OC(=O)c2ccc(Cl)cc2)c1)c1ccc2c(c1)OCO2. The second-order valence-corrected chi connectivity index (χ2v) is 6.67. The quantitative estimate of drug-likeness (QED) is 0.290. The van der Waals surface area contributed by atoms with E-state index in [1.165, 1.54) is 6.21 Å². The normalized spacial score (nSPS) is 12.0. The van der Waals surface area contributed by atoms with Crippen LogP contribution in [-0.4, -0.2) is 24.9 Å². The van der Waals surface area contributed by atoms with Crippen LogP contribution in [0.2, 0.25) is 5.02 Å². The third kappa shape index (κ3) is 4.59. The van der Waals surface area contributed by atoms with E-state index in [-0.39, 0.29) is 6.79 Å². The molecular weight excluding hydrogens is 408 g/mol. The van der Waals surface area contributed by atoms with Crippen LogP contribution in [0.4, 0.5) is 0 Å². The summed E-state index contributed by atoms with van der Waals surface area (Å²) in [6.07, 6.45) is 1.45. The molecule has 30 heavy (non-hydrogen) atoms. The van der Waals surface area contributed by atoms with E-state index < -0.39 is 11.9 Å². The van der Waals surface area contributed by atoms with Crippen LogP contribution in [0.3, 0.4) is 0 Å². The number of rotatable bonds is 5. The summed E-state index contributed by atoms with van der Waals surface area (Å²) in [6.45, 7) is 0.136. The molecule has 0 aromatic heterocycles. The smallest absolute Gasteiger partial charge is 0.343 e. The van der Waals surface area contributed by atoms with E-state index in [1.807, 2.05) is 0 Å². The minimum Gasteiger partial charge on any atom is -0.454 e. The number of carbonyl (C=O) groups excluding carboxylic acids is 2. The molecule has 0 fully saturated rings. The van der Waals surface area contributed by atoms with Crippen LogP contribution >= 0.6 is 11.6 Å². The first-order valence-electron chi connectivity index (χ1n) is 8.89. The van der Waals surface area contributed by atoms with Crippen LogP contribution in [0.15, 0.2) is 71.8 Å². The van der Waals surface area contributed by atoms with Crippen molar-refractivity contribution in [2.24, 2.45) is 5.10 Å². The Morgan fingerprint density at radius 2 is 1.73 bits per heavy atom. The van der Waals surface area contributed by atoms with Crippen LogP contribution in [0.25, 0.3) is 0 Å². The lowest BCUT2D eigenvalue weighted by Crippen LogP contribution is -2.17. The van der Waals surface area contributed by atoms with Gasteiger partial charge in [-0.15, -0.1) is 0 Å². The molecule has 0 radical (unpaired) electrons. The summed E-state index contributed by atoms with van der Waals surface area (Å²) < 4.78 is 15.8. The van der Waals surface area contributed by atoms with Gasteiger partial charge in [0, 0.05) is 10.6 Å². The number of carbonyl (C=O) groups is 2.